The van der Waals surface area contributed by atoms with Gasteiger partial charge in [0.15, 0.2) is 6.10 Å². The maximum atomic E-state index is 13.4. The van der Waals surface area contributed by atoms with Gasteiger partial charge in [-0.25, -0.2) is 4.39 Å². The van der Waals surface area contributed by atoms with Gasteiger partial charge in [-0.2, -0.15) is 0 Å². The van der Waals surface area contributed by atoms with Crippen molar-refractivity contribution in [1.29, 1.82) is 0 Å². The SMILES string of the molecule is Oc1cc(F)cc(C2Oc3cc(O)cc(O)c3CC2O)c1. The molecule has 0 spiro atoms. The van der Waals surface area contributed by atoms with Gasteiger partial charge in [-0.3, -0.25) is 0 Å². The van der Waals surface area contributed by atoms with Gasteiger partial charge in [-0.05, 0) is 12.1 Å². The normalized spacial score (nSPS) is 20.7. The van der Waals surface area contributed by atoms with Gasteiger partial charge in [0.1, 0.15) is 28.8 Å². The molecule has 3 rings (SSSR count). The molecule has 0 saturated carbocycles. The fourth-order valence-corrected chi connectivity index (χ4v) is 2.51. The van der Waals surface area contributed by atoms with E-state index in [-0.39, 0.29) is 35.0 Å². The molecule has 2 aromatic rings. The predicted octanol–water partition coefficient (Wildman–Crippen LogP) is 1.98. The summed E-state index contributed by atoms with van der Waals surface area (Å²) in [5, 5.41) is 38.8. The molecule has 0 bridgehead atoms. The summed E-state index contributed by atoms with van der Waals surface area (Å²) in [5.41, 5.74) is 0.644. The monoisotopic (exact) mass is 292 g/mol. The number of hydrogen-bond donors (Lipinski definition) is 4. The predicted molar refractivity (Wildman–Crippen MR) is 70.9 cm³/mol. The Morgan fingerprint density at radius 3 is 2.43 bits per heavy atom. The minimum absolute atomic E-state index is 0.0867. The third-order valence-electron chi connectivity index (χ3n) is 3.42. The van der Waals surface area contributed by atoms with Crippen molar-refractivity contribution in [3.05, 3.63) is 47.3 Å². The molecule has 21 heavy (non-hydrogen) atoms. The number of aromatic hydroxyl groups is 3. The third kappa shape index (κ3) is 2.45. The van der Waals surface area contributed by atoms with E-state index in [2.05, 4.69) is 0 Å². The van der Waals surface area contributed by atoms with Crippen molar-refractivity contribution in [2.24, 2.45) is 0 Å². The van der Waals surface area contributed by atoms with Crippen LogP contribution in [0.25, 0.3) is 0 Å². The van der Waals surface area contributed by atoms with E-state index in [0.717, 1.165) is 18.2 Å². The zero-order chi connectivity index (χ0) is 15.1. The van der Waals surface area contributed by atoms with E-state index in [0.29, 0.717) is 5.56 Å². The van der Waals surface area contributed by atoms with Gasteiger partial charge in [0.05, 0.1) is 6.10 Å². The minimum Gasteiger partial charge on any atom is -0.508 e. The Kier molecular flexibility index (Phi) is 3.10. The molecule has 0 fully saturated rings. The van der Waals surface area contributed by atoms with Crippen molar-refractivity contribution >= 4 is 0 Å². The van der Waals surface area contributed by atoms with Crippen LogP contribution in [0.2, 0.25) is 0 Å². The van der Waals surface area contributed by atoms with E-state index >= 15 is 0 Å². The second kappa shape index (κ2) is 4.82. The van der Waals surface area contributed by atoms with Crippen molar-refractivity contribution in [3.63, 3.8) is 0 Å². The van der Waals surface area contributed by atoms with Crippen molar-refractivity contribution in [3.8, 4) is 23.0 Å². The molecule has 2 atom stereocenters. The summed E-state index contributed by atoms with van der Waals surface area (Å²) in [5.74, 6) is -1.06. The number of phenols is 3. The highest BCUT2D eigenvalue weighted by molar-refractivity contribution is 5.51. The summed E-state index contributed by atoms with van der Waals surface area (Å²) in [6.45, 7) is 0. The van der Waals surface area contributed by atoms with E-state index in [9.17, 15) is 24.8 Å². The van der Waals surface area contributed by atoms with E-state index in [4.69, 9.17) is 4.74 Å². The molecule has 0 radical (unpaired) electrons. The van der Waals surface area contributed by atoms with E-state index in [1.165, 1.54) is 12.1 Å². The number of phenolic OH excluding ortho intramolecular Hbond substituents is 3. The third-order valence-corrected chi connectivity index (χ3v) is 3.42. The lowest BCUT2D eigenvalue weighted by Gasteiger charge is -2.31. The molecule has 0 saturated heterocycles. The Bertz CT molecular complexity index is 680. The van der Waals surface area contributed by atoms with Crippen LogP contribution in [0, 0.1) is 5.82 Å². The quantitative estimate of drug-likeness (QED) is 0.645. The highest BCUT2D eigenvalue weighted by Crippen LogP contribution is 2.42. The van der Waals surface area contributed by atoms with Crippen LogP contribution in [0.5, 0.6) is 23.0 Å². The van der Waals surface area contributed by atoms with E-state index < -0.39 is 18.0 Å². The molecular weight excluding hydrogens is 279 g/mol. The number of fused-ring (bicyclic) bond motifs is 1. The number of ether oxygens (including phenoxy) is 1. The van der Waals surface area contributed by atoms with Crippen molar-refractivity contribution in [2.45, 2.75) is 18.6 Å². The molecular formula is C15H13FO5. The van der Waals surface area contributed by atoms with Gasteiger partial charge in [0, 0.05) is 35.7 Å². The van der Waals surface area contributed by atoms with Gasteiger partial charge >= 0.3 is 0 Å². The lowest BCUT2D eigenvalue weighted by atomic mass is 9.94. The van der Waals surface area contributed by atoms with E-state index in [1.807, 2.05) is 0 Å². The summed E-state index contributed by atoms with van der Waals surface area (Å²) < 4.78 is 18.9. The van der Waals surface area contributed by atoms with Crippen LogP contribution in [0.3, 0.4) is 0 Å². The fourth-order valence-electron chi connectivity index (χ4n) is 2.51. The lowest BCUT2D eigenvalue weighted by Crippen LogP contribution is -2.30. The topological polar surface area (TPSA) is 90.2 Å². The average molecular weight is 292 g/mol. The molecule has 5 nitrogen and oxygen atoms in total. The highest BCUT2D eigenvalue weighted by Gasteiger charge is 2.32. The molecule has 110 valence electrons. The average Bonchev–Trinajstić information content (AvgIpc) is 2.38. The zero-order valence-corrected chi connectivity index (χ0v) is 10.8. The first-order valence-electron chi connectivity index (χ1n) is 6.33. The summed E-state index contributed by atoms with van der Waals surface area (Å²) in [4.78, 5) is 0. The summed E-state index contributed by atoms with van der Waals surface area (Å²) in [7, 11) is 0. The standard InChI is InChI=1S/C15H13FO5/c16-8-1-7(2-9(17)3-8)15-13(20)6-11-12(19)4-10(18)5-14(11)21-15/h1-5,13,15,17-20H,6H2. The molecule has 0 aromatic heterocycles. The minimum atomic E-state index is -1.02. The smallest absolute Gasteiger partial charge is 0.150 e. The number of hydrogen-bond acceptors (Lipinski definition) is 5. The Morgan fingerprint density at radius 1 is 1.00 bits per heavy atom. The second-order valence-corrected chi connectivity index (χ2v) is 4.99. The lowest BCUT2D eigenvalue weighted by molar-refractivity contribution is 0.0195. The number of aliphatic hydroxyl groups excluding tert-OH is 1. The Balaban J connectivity index is 2.02. The number of rotatable bonds is 1. The van der Waals surface area contributed by atoms with Gasteiger partial charge < -0.3 is 25.2 Å². The van der Waals surface area contributed by atoms with Crippen LogP contribution in [0.4, 0.5) is 4.39 Å². The summed E-state index contributed by atoms with van der Waals surface area (Å²) in [6.07, 6.45) is -1.84. The second-order valence-electron chi connectivity index (χ2n) is 4.99. The Hall–Kier alpha value is -2.47. The molecule has 1 aliphatic heterocycles. The van der Waals surface area contributed by atoms with Gasteiger partial charge in [-0.15, -0.1) is 0 Å². The fraction of sp³-hybridized carbons (Fsp3) is 0.200. The van der Waals surface area contributed by atoms with Crippen LogP contribution in [-0.2, 0) is 6.42 Å². The summed E-state index contributed by atoms with van der Waals surface area (Å²) >= 11 is 0. The molecule has 4 N–H and O–H groups in total. The van der Waals surface area contributed by atoms with Crippen LogP contribution >= 0.6 is 0 Å². The summed E-state index contributed by atoms with van der Waals surface area (Å²) in [6, 6.07) is 5.87. The maximum absolute atomic E-state index is 13.4. The van der Waals surface area contributed by atoms with E-state index in [1.54, 1.807) is 0 Å². The number of aliphatic hydroxyl groups is 1. The molecule has 0 aliphatic carbocycles. The van der Waals surface area contributed by atoms with Gasteiger partial charge in [0.25, 0.3) is 0 Å². The van der Waals surface area contributed by atoms with Gasteiger partial charge in [-0.1, -0.05) is 0 Å². The van der Waals surface area contributed by atoms with Crippen LogP contribution < -0.4 is 4.74 Å². The first-order valence-corrected chi connectivity index (χ1v) is 6.33. The van der Waals surface area contributed by atoms with Crippen molar-refractivity contribution in [2.75, 3.05) is 0 Å². The number of benzene rings is 2. The Labute approximate surface area is 119 Å². The van der Waals surface area contributed by atoms with Crippen LogP contribution in [-0.4, -0.2) is 26.5 Å². The molecule has 1 aliphatic rings. The zero-order valence-electron chi connectivity index (χ0n) is 10.8. The molecule has 1 heterocycles. The van der Waals surface area contributed by atoms with Crippen molar-refractivity contribution in [1.82, 2.24) is 0 Å². The van der Waals surface area contributed by atoms with Crippen molar-refractivity contribution < 1.29 is 29.6 Å². The maximum Gasteiger partial charge on any atom is 0.150 e. The molecule has 0 amide bonds. The molecule has 2 unspecified atom stereocenters. The first-order chi connectivity index (χ1) is 9.94. The highest BCUT2D eigenvalue weighted by atomic mass is 19.1. The Morgan fingerprint density at radius 2 is 1.71 bits per heavy atom. The molecule has 6 heteroatoms. The number of halogens is 1. The van der Waals surface area contributed by atoms with Crippen LogP contribution in [0.15, 0.2) is 30.3 Å². The largest absolute Gasteiger partial charge is 0.508 e. The molecule has 2 aromatic carbocycles. The first kappa shape index (κ1) is 13.5. The van der Waals surface area contributed by atoms with Crippen LogP contribution in [0.1, 0.15) is 17.2 Å². The van der Waals surface area contributed by atoms with Gasteiger partial charge in [0.2, 0.25) is 0 Å².